The van der Waals surface area contributed by atoms with E-state index >= 15 is 0 Å². The second-order valence-corrected chi connectivity index (χ2v) is 5.56. The van der Waals surface area contributed by atoms with Gasteiger partial charge in [0.25, 0.3) is 0 Å². The smallest absolute Gasteiger partial charge is 0.358 e. The summed E-state index contributed by atoms with van der Waals surface area (Å²) in [5.41, 5.74) is 0.655. The van der Waals surface area contributed by atoms with Crippen LogP contribution in [0.1, 0.15) is 12.5 Å². The van der Waals surface area contributed by atoms with Gasteiger partial charge in [-0.2, -0.15) is 0 Å². The largest absolute Gasteiger partial charge is 0.378 e. The van der Waals surface area contributed by atoms with Gasteiger partial charge in [0.05, 0.1) is 4.47 Å². The number of thioether (sulfide) groups is 1. The van der Waals surface area contributed by atoms with Crippen molar-refractivity contribution in [1.29, 1.82) is 0 Å². The molecule has 0 aromatic carbocycles. The minimum atomic E-state index is -0.571. The van der Waals surface area contributed by atoms with Gasteiger partial charge in [0.15, 0.2) is 11.3 Å². The van der Waals surface area contributed by atoms with Crippen molar-refractivity contribution in [3.8, 4) is 0 Å². The van der Waals surface area contributed by atoms with E-state index in [1.807, 2.05) is 0 Å². The van der Waals surface area contributed by atoms with Crippen LogP contribution in [0.15, 0.2) is 15.1 Å². The molecule has 86 valence electrons. The molecule has 0 spiro atoms. The number of carbonyl (C=O) groups excluding carboxylic acids is 1. The number of rotatable bonds is 3. The Kier molecular flexibility index (Phi) is 4.88. The van der Waals surface area contributed by atoms with Crippen LogP contribution in [0.25, 0.3) is 0 Å². The van der Waals surface area contributed by atoms with Crippen LogP contribution in [0, 0.1) is 10.1 Å². The van der Waals surface area contributed by atoms with Crippen LogP contribution in [0.2, 0.25) is 0 Å². The number of hydrogen-bond donors (Lipinski definition) is 0. The highest BCUT2D eigenvalue weighted by Gasteiger charge is 2.20. The summed E-state index contributed by atoms with van der Waals surface area (Å²) in [5.74, 6) is 0.113. The lowest BCUT2D eigenvalue weighted by molar-refractivity contribution is -0.390. The first-order valence-electron chi connectivity index (χ1n) is 4.04. The second kappa shape index (κ2) is 5.74. The molecule has 0 aliphatic heterocycles. The minimum Gasteiger partial charge on any atom is -0.358 e. The van der Waals surface area contributed by atoms with E-state index in [9.17, 15) is 14.9 Å². The van der Waals surface area contributed by atoms with Gasteiger partial charge in [-0.3, -0.25) is 4.79 Å². The molecule has 1 aromatic rings. The Morgan fingerprint density at radius 2 is 2.25 bits per heavy atom. The zero-order chi connectivity index (χ0) is 12.3. The van der Waals surface area contributed by atoms with Crippen molar-refractivity contribution in [2.75, 3.05) is 0 Å². The van der Waals surface area contributed by atoms with E-state index < -0.39 is 4.92 Å². The van der Waals surface area contributed by atoms with E-state index in [1.54, 1.807) is 0 Å². The fraction of sp³-hybridized carbons (Fsp3) is 0.250. The second-order valence-electron chi connectivity index (χ2n) is 2.76. The van der Waals surface area contributed by atoms with Crippen molar-refractivity contribution < 1.29 is 9.72 Å². The average molecular weight is 370 g/mol. The first kappa shape index (κ1) is 13.6. The van der Waals surface area contributed by atoms with Gasteiger partial charge in [0, 0.05) is 18.2 Å². The van der Waals surface area contributed by atoms with Gasteiger partial charge in [-0.15, -0.1) is 0 Å². The molecule has 0 atom stereocenters. The third-order valence-electron chi connectivity index (χ3n) is 1.64. The van der Waals surface area contributed by atoms with Crippen molar-refractivity contribution in [2.45, 2.75) is 12.7 Å². The van der Waals surface area contributed by atoms with Crippen LogP contribution in [-0.2, 0) is 10.5 Å². The molecular formula is C8H6Br2N2O3S. The fourth-order valence-electron chi connectivity index (χ4n) is 0.926. The molecule has 0 N–H and O–H groups in total. The molecule has 0 saturated carbocycles. The molecule has 1 rings (SSSR count). The van der Waals surface area contributed by atoms with E-state index in [-0.39, 0.29) is 10.9 Å². The number of halogens is 2. The topological polar surface area (TPSA) is 73.1 Å². The summed E-state index contributed by atoms with van der Waals surface area (Å²) in [5, 5.41) is 10.6. The molecule has 0 fully saturated rings. The molecule has 0 radical (unpaired) electrons. The Morgan fingerprint density at radius 3 is 2.75 bits per heavy atom. The van der Waals surface area contributed by atoms with Crippen molar-refractivity contribution in [3.05, 3.63) is 30.8 Å². The maximum Gasteiger partial charge on any atom is 0.378 e. The first-order chi connectivity index (χ1) is 7.43. The molecule has 0 aliphatic rings. The van der Waals surface area contributed by atoms with Gasteiger partial charge >= 0.3 is 5.82 Å². The van der Waals surface area contributed by atoms with Gasteiger partial charge in [0.1, 0.15) is 4.47 Å². The maximum atomic E-state index is 10.8. The third kappa shape index (κ3) is 3.26. The molecule has 1 heterocycles. The van der Waals surface area contributed by atoms with Crippen LogP contribution >= 0.6 is 43.6 Å². The zero-order valence-electron chi connectivity index (χ0n) is 8.07. The fourth-order valence-corrected chi connectivity index (χ4v) is 3.25. The van der Waals surface area contributed by atoms with Crippen molar-refractivity contribution in [1.82, 2.24) is 4.98 Å². The van der Waals surface area contributed by atoms with Crippen LogP contribution in [0.5, 0.6) is 0 Å². The van der Waals surface area contributed by atoms with Gasteiger partial charge in [0.2, 0.25) is 0 Å². The average Bonchev–Trinajstić information content (AvgIpc) is 2.16. The molecule has 0 amide bonds. The summed E-state index contributed by atoms with van der Waals surface area (Å²) in [7, 11) is 0. The molecule has 16 heavy (non-hydrogen) atoms. The third-order valence-corrected chi connectivity index (χ3v) is 4.00. The van der Waals surface area contributed by atoms with Crippen molar-refractivity contribution in [3.63, 3.8) is 0 Å². The number of hydrogen-bond acceptors (Lipinski definition) is 5. The van der Waals surface area contributed by atoms with Crippen molar-refractivity contribution in [2.24, 2.45) is 0 Å². The molecule has 1 aromatic heterocycles. The molecule has 8 heteroatoms. The highest BCUT2D eigenvalue weighted by molar-refractivity contribution is 9.11. The number of nitro groups is 1. The first-order valence-corrected chi connectivity index (χ1v) is 6.61. The summed E-state index contributed by atoms with van der Waals surface area (Å²) in [6, 6.07) is 0. The van der Waals surface area contributed by atoms with Crippen LogP contribution in [0.3, 0.4) is 0 Å². The van der Waals surface area contributed by atoms with Gasteiger partial charge in [-0.1, -0.05) is 11.8 Å². The normalized spacial score (nSPS) is 10.2. The van der Waals surface area contributed by atoms with Crippen molar-refractivity contribution >= 4 is 54.6 Å². The van der Waals surface area contributed by atoms with E-state index in [4.69, 9.17) is 0 Å². The Hall–Kier alpha value is -0.470. The predicted molar refractivity (Wildman–Crippen MR) is 68.3 cm³/mol. The molecule has 5 nitrogen and oxygen atoms in total. The number of nitrogens with zero attached hydrogens (tertiary/aromatic N) is 2. The summed E-state index contributed by atoms with van der Waals surface area (Å²) < 4.78 is 0.944. The number of carbonyl (C=O) groups is 1. The molecule has 0 aliphatic carbocycles. The van der Waals surface area contributed by atoms with E-state index in [1.165, 1.54) is 13.1 Å². The Morgan fingerprint density at radius 1 is 1.62 bits per heavy atom. The van der Waals surface area contributed by atoms with E-state index in [0.717, 1.165) is 11.8 Å². The van der Waals surface area contributed by atoms with Gasteiger partial charge in [-0.05, 0) is 41.8 Å². The highest BCUT2D eigenvalue weighted by Crippen LogP contribution is 2.34. The minimum absolute atomic E-state index is 0.0433. The Labute approximate surface area is 112 Å². The molecular weight excluding hydrogens is 364 g/mol. The zero-order valence-corrected chi connectivity index (χ0v) is 12.1. The Bertz CT molecular complexity index is 453. The predicted octanol–water partition coefficient (Wildman–Crippen LogP) is 3.29. The van der Waals surface area contributed by atoms with E-state index in [0.29, 0.717) is 20.3 Å². The summed E-state index contributed by atoms with van der Waals surface area (Å²) >= 11 is 7.45. The van der Waals surface area contributed by atoms with Crippen LogP contribution < -0.4 is 0 Å². The molecule has 0 unspecified atom stereocenters. The summed E-state index contributed by atoms with van der Waals surface area (Å²) in [4.78, 5) is 24.6. The highest BCUT2D eigenvalue weighted by atomic mass is 79.9. The van der Waals surface area contributed by atoms with Crippen LogP contribution in [-0.4, -0.2) is 15.0 Å². The lowest BCUT2D eigenvalue weighted by Crippen LogP contribution is -1.98. The van der Waals surface area contributed by atoms with Gasteiger partial charge in [-0.25, -0.2) is 0 Å². The standard InChI is InChI=1S/C8H6Br2N2O3S/c1-4(13)16-3-5-6(9)2-11-8(7(5)10)12(14)15/h2H,3H2,1H3. The quantitative estimate of drug-likeness (QED) is 0.603. The maximum absolute atomic E-state index is 10.8. The van der Waals surface area contributed by atoms with E-state index in [2.05, 4.69) is 36.8 Å². The molecule has 0 saturated heterocycles. The summed E-state index contributed by atoms with van der Waals surface area (Å²) in [6.45, 7) is 1.45. The lowest BCUT2D eigenvalue weighted by atomic mass is 10.3. The molecule has 0 bridgehead atoms. The SMILES string of the molecule is CC(=O)SCc1c(Br)cnc([N+](=O)[O-])c1Br. The van der Waals surface area contributed by atoms with Crippen LogP contribution in [0.4, 0.5) is 5.82 Å². The Balaban J connectivity index is 3.11. The monoisotopic (exact) mass is 368 g/mol. The number of pyridine rings is 1. The number of aromatic nitrogens is 1. The van der Waals surface area contributed by atoms with Gasteiger partial charge < -0.3 is 10.1 Å². The summed E-state index contributed by atoms with van der Waals surface area (Å²) in [6.07, 6.45) is 1.36. The lowest BCUT2D eigenvalue weighted by Gasteiger charge is -2.04.